The molecule has 1 fully saturated rings. The molecule has 0 spiro atoms. The molecule has 3 aromatic carbocycles. The van der Waals surface area contributed by atoms with Gasteiger partial charge in [0.05, 0.1) is 10.6 Å². The van der Waals surface area contributed by atoms with Crippen molar-refractivity contribution in [3.05, 3.63) is 99.4 Å². The van der Waals surface area contributed by atoms with E-state index in [0.717, 1.165) is 5.56 Å². The monoisotopic (exact) mass is 491 g/mol. The number of non-ortho nitro benzene ring substituents is 1. The summed E-state index contributed by atoms with van der Waals surface area (Å²) in [6.07, 6.45) is 0.429. The van der Waals surface area contributed by atoms with Gasteiger partial charge in [-0.05, 0) is 36.8 Å². The maximum absolute atomic E-state index is 14.5. The summed E-state index contributed by atoms with van der Waals surface area (Å²) in [6, 6.07) is 18.3. The molecule has 0 N–H and O–H groups in total. The third-order valence-electron chi connectivity index (χ3n) is 6.17. The number of ether oxygens (including phenoxy) is 1. The summed E-state index contributed by atoms with van der Waals surface area (Å²) in [6.45, 7) is 2.86. The molecule has 3 aromatic rings. The molecule has 0 radical (unpaired) electrons. The van der Waals surface area contributed by atoms with Gasteiger partial charge in [0.25, 0.3) is 11.6 Å². The van der Waals surface area contributed by atoms with Gasteiger partial charge in [-0.1, -0.05) is 30.3 Å². The second-order valence-electron chi connectivity index (χ2n) is 8.59. The van der Waals surface area contributed by atoms with Gasteiger partial charge in [-0.15, -0.1) is 0 Å². The SMILES string of the molecule is CC(=O)c1ccc(N2CCN(C(=O)COc3ccc([N+](=O)[O-])cc3Cc3ccccc3)CC2)c(F)c1. The topological polar surface area (TPSA) is 93.0 Å². The molecule has 0 unspecified atom stereocenters. The fraction of sp³-hybridized carbons (Fsp3) is 0.259. The number of nitro groups is 1. The van der Waals surface area contributed by atoms with Crippen molar-refractivity contribution in [2.45, 2.75) is 13.3 Å². The van der Waals surface area contributed by atoms with Crippen LogP contribution >= 0.6 is 0 Å². The number of carbonyl (C=O) groups is 2. The van der Waals surface area contributed by atoms with E-state index in [4.69, 9.17) is 4.74 Å². The van der Waals surface area contributed by atoms with Crippen LogP contribution in [-0.2, 0) is 11.2 Å². The van der Waals surface area contributed by atoms with Crippen molar-refractivity contribution in [2.75, 3.05) is 37.7 Å². The Kier molecular flexibility index (Phi) is 7.58. The Labute approximate surface area is 208 Å². The number of ketones is 1. The Bertz CT molecular complexity index is 1270. The Hall–Kier alpha value is -4.27. The van der Waals surface area contributed by atoms with Gasteiger partial charge in [-0.3, -0.25) is 19.7 Å². The molecule has 0 bridgehead atoms. The largest absolute Gasteiger partial charge is 0.483 e. The van der Waals surface area contributed by atoms with E-state index in [-0.39, 0.29) is 24.0 Å². The lowest BCUT2D eigenvalue weighted by atomic mass is 10.0. The molecule has 0 aromatic heterocycles. The van der Waals surface area contributed by atoms with Crippen LogP contribution in [0, 0.1) is 15.9 Å². The molecule has 0 atom stereocenters. The van der Waals surface area contributed by atoms with Crippen LogP contribution in [0.2, 0.25) is 0 Å². The summed E-state index contributed by atoms with van der Waals surface area (Å²) in [4.78, 5) is 38.6. The zero-order chi connectivity index (χ0) is 25.7. The van der Waals surface area contributed by atoms with E-state index < -0.39 is 10.7 Å². The number of halogens is 1. The molecule has 9 heteroatoms. The van der Waals surface area contributed by atoms with Crippen molar-refractivity contribution in [3.8, 4) is 5.75 Å². The first-order chi connectivity index (χ1) is 17.3. The lowest BCUT2D eigenvalue weighted by Crippen LogP contribution is -2.50. The van der Waals surface area contributed by atoms with Gasteiger partial charge in [0.15, 0.2) is 12.4 Å². The molecule has 1 aliphatic rings. The van der Waals surface area contributed by atoms with E-state index in [2.05, 4.69) is 0 Å². The molecule has 8 nitrogen and oxygen atoms in total. The van der Waals surface area contributed by atoms with Gasteiger partial charge in [-0.2, -0.15) is 0 Å². The summed E-state index contributed by atoms with van der Waals surface area (Å²) in [5, 5.41) is 11.2. The van der Waals surface area contributed by atoms with Crippen LogP contribution in [0.15, 0.2) is 66.7 Å². The van der Waals surface area contributed by atoms with Crippen LogP contribution in [-0.4, -0.2) is 54.3 Å². The predicted molar refractivity (Wildman–Crippen MR) is 133 cm³/mol. The van der Waals surface area contributed by atoms with E-state index in [0.29, 0.717) is 55.2 Å². The first-order valence-corrected chi connectivity index (χ1v) is 11.6. The van der Waals surface area contributed by atoms with Gasteiger partial charge in [0.1, 0.15) is 11.6 Å². The number of nitro benzene ring substituents is 1. The van der Waals surface area contributed by atoms with Crippen LogP contribution in [0.25, 0.3) is 0 Å². The van der Waals surface area contributed by atoms with Crippen LogP contribution in [0.5, 0.6) is 5.75 Å². The highest BCUT2D eigenvalue weighted by Gasteiger charge is 2.24. The highest BCUT2D eigenvalue weighted by Crippen LogP contribution is 2.27. The van der Waals surface area contributed by atoms with E-state index in [1.165, 1.54) is 31.2 Å². The maximum Gasteiger partial charge on any atom is 0.269 e. The molecule has 1 saturated heterocycles. The van der Waals surface area contributed by atoms with Crippen LogP contribution in [0.1, 0.15) is 28.4 Å². The Morgan fingerprint density at radius 1 is 1.00 bits per heavy atom. The number of amides is 1. The summed E-state index contributed by atoms with van der Waals surface area (Å²) in [5.41, 5.74) is 2.27. The predicted octanol–water partition coefficient (Wildman–Crippen LogP) is 4.25. The summed E-state index contributed by atoms with van der Waals surface area (Å²) < 4.78 is 20.3. The molecule has 1 amide bonds. The highest BCUT2D eigenvalue weighted by atomic mass is 19.1. The normalized spacial score (nSPS) is 13.4. The summed E-state index contributed by atoms with van der Waals surface area (Å²) in [5.74, 6) is -0.458. The fourth-order valence-electron chi connectivity index (χ4n) is 4.18. The molecule has 1 heterocycles. The van der Waals surface area contributed by atoms with Gasteiger partial charge in [-0.25, -0.2) is 4.39 Å². The van der Waals surface area contributed by atoms with Gasteiger partial charge in [0.2, 0.25) is 0 Å². The number of Topliss-reactive ketones (excluding diaryl/α,β-unsaturated/α-hetero) is 1. The maximum atomic E-state index is 14.5. The number of carbonyl (C=O) groups excluding carboxylic acids is 2. The van der Waals surface area contributed by atoms with Gasteiger partial charge in [0, 0.05) is 55.9 Å². The Morgan fingerprint density at radius 2 is 1.72 bits per heavy atom. The highest BCUT2D eigenvalue weighted by molar-refractivity contribution is 5.94. The van der Waals surface area contributed by atoms with E-state index in [1.54, 1.807) is 17.0 Å². The number of hydrogen-bond acceptors (Lipinski definition) is 6. The van der Waals surface area contributed by atoms with Crippen molar-refractivity contribution >= 4 is 23.1 Å². The summed E-state index contributed by atoms with van der Waals surface area (Å²) >= 11 is 0. The minimum atomic E-state index is -0.463. The molecular weight excluding hydrogens is 465 g/mol. The zero-order valence-corrected chi connectivity index (χ0v) is 19.9. The smallest absolute Gasteiger partial charge is 0.269 e. The fourth-order valence-corrected chi connectivity index (χ4v) is 4.18. The zero-order valence-electron chi connectivity index (χ0n) is 19.9. The third-order valence-corrected chi connectivity index (χ3v) is 6.17. The second kappa shape index (κ2) is 11.0. The third kappa shape index (κ3) is 5.86. The molecule has 36 heavy (non-hydrogen) atoms. The summed E-state index contributed by atoms with van der Waals surface area (Å²) in [7, 11) is 0. The Balaban J connectivity index is 1.37. The molecule has 4 rings (SSSR count). The van der Waals surface area contributed by atoms with E-state index in [1.807, 2.05) is 35.2 Å². The lowest BCUT2D eigenvalue weighted by molar-refractivity contribution is -0.384. The molecule has 0 aliphatic carbocycles. The van der Waals surface area contributed by atoms with Crippen molar-refractivity contribution in [3.63, 3.8) is 0 Å². The van der Waals surface area contributed by atoms with Crippen molar-refractivity contribution < 1.29 is 23.6 Å². The van der Waals surface area contributed by atoms with Crippen molar-refractivity contribution in [2.24, 2.45) is 0 Å². The van der Waals surface area contributed by atoms with Crippen molar-refractivity contribution in [1.82, 2.24) is 4.90 Å². The van der Waals surface area contributed by atoms with Crippen LogP contribution in [0.4, 0.5) is 15.8 Å². The van der Waals surface area contributed by atoms with Crippen LogP contribution in [0.3, 0.4) is 0 Å². The van der Waals surface area contributed by atoms with Gasteiger partial charge < -0.3 is 14.5 Å². The van der Waals surface area contributed by atoms with E-state index >= 15 is 0 Å². The van der Waals surface area contributed by atoms with E-state index in [9.17, 15) is 24.1 Å². The molecule has 1 aliphatic heterocycles. The average Bonchev–Trinajstić information content (AvgIpc) is 2.88. The first-order valence-electron chi connectivity index (χ1n) is 11.6. The molecule has 186 valence electrons. The minimum absolute atomic E-state index is 0.0423. The number of nitrogens with zero attached hydrogens (tertiary/aromatic N) is 3. The average molecular weight is 492 g/mol. The quantitative estimate of drug-likeness (QED) is 0.266. The van der Waals surface area contributed by atoms with Crippen molar-refractivity contribution in [1.29, 1.82) is 0 Å². The molecular formula is C27H26FN3O5. The second-order valence-corrected chi connectivity index (χ2v) is 8.59. The van der Waals surface area contributed by atoms with Crippen LogP contribution < -0.4 is 9.64 Å². The number of rotatable bonds is 8. The number of piperazine rings is 1. The molecule has 0 saturated carbocycles. The number of hydrogen-bond donors (Lipinski definition) is 0. The first kappa shape index (κ1) is 24.8. The minimum Gasteiger partial charge on any atom is -0.483 e. The lowest BCUT2D eigenvalue weighted by Gasteiger charge is -2.36. The number of anilines is 1. The van der Waals surface area contributed by atoms with Gasteiger partial charge >= 0.3 is 0 Å². The number of benzene rings is 3. The standard InChI is InChI=1S/C27H26FN3O5/c1-19(32)21-7-9-25(24(28)17-21)29-11-13-30(14-12-29)27(33)18-36-26-10-8-23(31(34)35)16-22(26)15-20-5-3-2-4-6-20/h2-10,16-17H,11-15,18H2,1H3. The Morgan fingerprint density at radius 3 is 2.36 bits per heavy atom.